The van der Waals surface area contributed by atoms with E-state index in [1.165, 1.54) is 7.11 Å². The molecule has 0 bridgehead atoms. The average molecular weight is 214 g/mol. The third kappa shape index (κ3) is 2.92. The molecule has 3 atom stereocenters. The highest BCUT2D eigenvalue weighted by atomic mass is 16.5. The fourth-order valence-electron chi connectivity index (χ4n) is 2.06. The second kappa shape index (κ2) is 5.47. The van der Waals surface area contributed by atoms with Crippen molar-refractivity contribution in [1.29, 1.82) is 0 Å². The van der Waals surface area contributed by atoms with E-state index >= 15 is 0 Å². The predicted octanol–water partition coefficient (Wildman–Crippen LogP) is 0.478. The van der Waals surface area contributed by atoms with E-state index in [0.29, 0.717) is 6.04 Å². The van der Waals surface area contributed by atoms with Gasteiger partial charge in [0.1, 0.15) is 0 Å². The number of rotatable bonds is 4. The first-order valence-electron chi connectivity index (χ1n) is 5.58. The second-order valence-corrected chi connectivity index (χ2v) is 4.36. The van der Waals surface area contributed by atoms with Crippen molar-refractivity contribution in [2.45, 2.75) is 32.4 Å². The van der Waals surface area contributed by atoms with Crippen molar-refractivity contribution in [3.63, 3.8) is 0 Å². The molecule has 1 aliphatic heterocycles. The summed E-state index contributed by atoms with van der Waals surface area (Å²) in [6.45, 7) is 6.11. The van der Waals surface area contributed by atoms with Crippen molar-refractivity contribution in [3.05, 3.63) is 0 Å². The van der Waals surface area contributed by atoms with Crippen molar-refractivity contribution >= 4 is 5.97 Å². The van der Waals surface area contributed by atoms with Gasteiger partial charge >= 0.3 is 5.97 Å². The van der Waals surface area contributed by atoms with E-state index in [-0.39, 0.29) is 17.9 Å². The van der Waals surface area contributed by atoms with Crippen LogP contribution in [0.1, 0.15) is 20.3 Å². The van der Waals surface area contributed by atoms with Gasteiger partial charge in [0.05, 0.1) is 13.0 Å². The standard InChI is InChI=1S/C11H22N2O2/c1-8(11(14)15-4)9(2)13(3)10-5-6-12-7-10/h8-10,12H,5-7H2,1-4H3. The van der Waals surface area contributed by atoms with Gasteiger partial charge in [-0.05, 0) is 26.9 Å². The highest BCUT2D eigenvalue weighted by Gasteiger charge is 2.29. The molecule has 1 saturated heterocycles. The maximum atomic E-state index is 11.4. The van der Waals surface area contributed by atoms with Gasteiger partial charge in [-0.15, -0.1) is 0 Å². The first-order valence-corrected chi connectivity index (χ1v) is 5.58. The molecule has 0 aliphatic carbocycles. The van der Waals surface area contributed by atoms with Gasteiger partial charge in [-0.25, -0.2) is 0 Å². The number of methoxy groups -OCH3 is 1. The van der Waals surface area contributed by atoms with Crippen LogP contribution in [0.2, 0.25) is 0 Å². The number of likely N-dealkylation sites (N-methyl/N-ethyl adjacent to an activating group) is 1. The van der Waals surface area contributed by atoms with Gasteiger partial charge in [0, 0.05) is 18.6 Å². The van der Waals surface area contributed by atoms with Crippen LogP contribution in [-0.2, 0) is 9.53 Å². The quantitative estimate of drug-likeness (QED) is 0.691. The van der Waals surface area contributed by atoms with E-state index in [1.54, 1.807) is 0 Å². The van der Waals surface area contributed by atoms with Gasteiger partial charge < -0.3 is 10.1 Å². The molecule has 0 aromatic rings. The Balaban J connectivity index is 2.50. The summed E-state index contributed by atoms with van der Waals surface area (Å²) in [5.74, 6) is -0.194. The maximum Gasteiger partial charge on any atom is 0.309 e. The van der Waals surface area contributed by atoms with Crippen LogP contribution in [0.25, 0.3) is 0 Å². The van der Waals surface area contributed by atoms with Gasteiger partial charge in [0.15, 0.2) is 0 Å². The summed E-state index contributed by atoms with van der Waals surface area (Å²) < 4.78 is 4.76. The normalized spacial score (nSPS) is 25.3. The third-order valence-electron chi connectivity index (χ3n) is 3.55. The Hall–Kier alpha value is -0.610. The van der Waals surface area contributed by atoms with Gasteiger partial charge in [-0.3, -0.25) is 9.69 Å². The molecular formula is C11H22N2O2. The number of carbonyl (C=O) groups is 1. The molecule has 0 aromatic carbocycles. The highest BCUT2D eigenvalue weighted by molar-refractivity contribution is 5.72. The number of ether oxygens (including phenoxy) is 1. The largest absolute Gasteiger partial charge is 0.469 e. The first kappa shape index (κ1) is 12.5. The number of nitrogens with zero attached hydrogens (tertiary/aromatic N) is 1. The van der Waals surface area contributed by atoms with E-state index in [2.05, 4.69) is 24.2 Å². The molecule has 4 heteroatoms. The Labute approximate surface area is 92.0 Å². The zero-order valence-electron chi connectivity index (χ0n) is 10.1. The number of hydrogen-bond acceptors (Lipinski definition) is 4. The summed E-state index contributed by atoms with van der Waals surface area (Å²) >= 11 is 0. The van der Waals surface area contributed by atoms with Gasteiger partial charge in [-0.1, -0.05) is 6.92 Å². The SMILES string of the molecule is COC(=O)C(C)C(C)N(C)C1CCNC1. The van der Waals surface area contributed by atoms with Gasteiger partial charge in [0.25, 0.3) is 0 Å². The predicted molar refractivity (Wildman–Crippen MR) is 59.7 cm³/mol. The molecule has 88 valence electrons. The zero-order chi connectivity index (χ0) is 11.4. The Morgan fingerprint density at radius 2 is 2.20 bits per heavy atom. The number of esters is 1. The molecule has 0 spiro atoms. The molecule has 0 amide bonds. The molecular weight excluding hydrogens is 192 g/mol. The lowest BCUT2D eigenvalue weighted by Crippen LogP contribution is -2.45. The fourth-order valence-corrected chi connectivity index (χ4v) is 2.06. The average Bonchev–Trinajstić information content (AvgIpc) is 2.78. The lowest BCUT2D eigenvalue weighted by molar-refractivity contribution is -0.147. The van der Waals surface area contributed by atoms with Crippen molar-refractivity contribution < 1.29 is 9.53 Å². The zero-order valence-corrected chi connectivity index (χ0v) is 10.1. The van der Waals surface area contributed by atoms with Crippen LogP contribution in [0.5, 0.6) is 0 Å². The number of carbonyl (C=O) groups excluding carboxylic acids is 1. The molecule has 0 saturated carbocycles. The minimum absolute atomic E-state index is 0.0689. The van der Waals surface area contributed by atoms with Crippen LogP contribution < -0.4 is 5.32 Å². The molecule has 3 unspecified atom stereocenters. The minimum atomic E-state index is -0.125. The summed E-state index contributed by atoms with van der Waals surface area (Å²) in [4.78, 5) is 13.7. The van der Waals surface area contributed by atoms with E-state index in [4.69, 9.17) is 4.74 Å². The molecule has 1 aliphatic rings. The van der Waals surface area contributed by atoms with Gasteiger partial charge in [-0.2, -0.15) is 0 Å². The minimum Gasteiger partial charge on any atom is -0.469 e. The van der Waals surface area contributed by atoms with E-state index in [0.717, 1.165) is 19.5 Å². The van der Waals surface area contributed by atoms with Crippen LogP contribution in [0.4, 0.5) is 0 Å². The Bertz CT molecular complexity index is 215. The van der Waals surface area contributed by atoms with E-state index < -0.39 is 0 Å². The molecule has 0 aromatic heterocycles. The number of hydrogen-bond donors (Lipinski definition) is 1. The number of nitrogens with one attached hydrogen (secondary N) is 1. The van der Waals surface area contributed by atoms with Gasteiger partial charge in [0.2, 0.25) is 0 Å². The van der Waals surface area contributed by atoms with Crippen molar-refractivity contribution in [2.24, 2.45) is 5.92 Å². The van der Waals surface area contributed by atoms with Crippen LogP contribution in [0.3, 0.4) is 0 Å². The van der Waals surface area contributed by atoms with Crippen LogP contribution >= 0.6 is 0 Å². The Kier molecular flexibility index (Phi) is 4.54. The molecule has 1 rings (SSSR count). The molecule has 15 heavy (non-hydrogen) atoms. The van der Waals surface area contributed by atoms with Crippen molar-refractivity contribution in [3.8, 4) is 0 Å². The monoisotopic (exact) mass is 214 g/mol. The fraction of sp³-hybridized carbons (Fsp3) is 0.909. The maximum absolute atomic E-state index is 11.4. The molecule has 0 radical (unpaired) electrons. The molecule has 4 nitrogen and oxygen atoms in total. The molecule has 1 N–H and O–H groups in total. The first-order chi connectivity index (χ1) is 7.07. The lowest BCUT2D eigenvalue weighted by atomic mass is 10.0. The third-order valence-corrected chi connectivity index (χ3v) is 3.55. The summed E-state index contributed by atoms with van der Waals surface area (Å²) in [6.07, 6.45) is 1.16. The highest BCUT2D eigenvalue weighted by Crippen LogP contribution is 2.16. The van der Waals surface area contributed by atoms with Crippen molar-refractivity contribution in [1.82, 2.24) is 10.2 Å². The molecule has 1 fully saturated rings. The Morgan fingerprint density at radius 1 is 1.53 bits per heavy atom. The molecule has 1 heterocycles. The summed E-state index contributed by atoms with van der Waals surface area (Å²) in [5.41, 5.74) is 0. The smallest absolute Gasteiger partial charge is 0.309 e. The van der Waals surface area contributed by atoms with Crippen LogP contribution in [0, 0.1) is 5.92 Å². The van der Waals surface area contributed by atoms with Crippen LogP contribution in [0.15, 0.2) is 0 Å². The topological polar surface area (TPSA) is 41.6 Å². The summed E-state index contributed by atoms with van der Waals surface area (Å²) in [6, 6.07) is 0.773. The summed E-state index contributed by atoms with van der Waals surface area (Å²) in [5, 5.41) is 3.33. The van der Waals surface area contributed by atoms with Crippen molar-refractivity contribution in [2.75, 3.05) is 27.2 Å². The van der Waals surface area contributed by atoms with Crippen LogP contribution in [-0.4, -0.2) is 50.2 Å². The lowest BCUT2D eigenvalue weighted by Gasteiger charge is -2.32. The second-order valence-electron chi connectivity index (χ2n) is 4.36. The van der Waals surface area contributed by atoms with E-state index in [9.17, 15) is 4.79 Å². The van der Waals surface area contributed by atoms with E-state index in [1.807, 2.05) is 6.92 Å². The Morgan fingerprint density at radius 3 is 2.67 bits per heavy atom. The summed E-state index contributed by atoms with van der Waals surface area (Å²) in [7, 11) is 3.53.